The fraction of sp³-hybridized carbons (Fsp3) is 0.118. The molecule has 3 aromatic rings. The molecule has 2 aromatic carbocycles. The molecular formula is C17H15N3O3. The number of fused-ring (bicyclic) bond motifs is 1. The Morgan fingerprint density at radius 3 is 2.35 bits per heavy atom. The smallest absolute Gasteiger partial charge is 0.335 e. The highest BCUT2D eigenvalue weighted by molar-refractivity contribution is 5.91. The van der Waals surface area contributed by atoms with E-state index in [1.807, 2.05) is 24.3 Å². The van der Waals surface area contributed by atoms with Crippen molar-refractivity contribution in [1.29, 1.82) is 0 Å². The van der Waals surface area contributed by atoms with Gasteiger partial charge in [0.2, 0.25) is 0 Å². The number of ether oxygens (including phenoxy) is 1. The maximum absolute atomic E-state index is 12.0. The van der Waals surface area contributed by atoms with E-state index in [0.29, 0.717) is 5.57 Å². The first kappa shape index (κ1) is 14.8. The molecule has 6 nitrogen and oxygen atoms in total. The summed E-state index contributed by atoms with van der Waals surface area (Å²) in [7, 11) is 0. The lowest BCUT2D eigenvalue weighted by molar-refractivity contribution is -0.140. The molecular weight excluding hydrogens is 294 g/mol. The maximum atomic E-state index is 12.0. The molecule has 1 aromatic heterocycles. The topological polar surface area (TPSA) is 77.2 Å². The van der Waals surface area contributed by atoms with Gasteiger partial charge in [-0.2, -0.15) is 4.80 Å². The summed E-state index contributed by atoms with van der Waals surface area (Å²) < 4.78 is 5.22. The van der Waals surface area contributed by atoms with Crippen LogP contribution >= 0.6 is 0 Å². The molecule has 0 saturated heterocycles. The predicted molar refractivity (Wildman–Crippen MR) is 85.4 cm³/mol. The average molecular weight is 309 g/mol. The van der Waals surface area contributed by atoms with Gasteiger partial charge in [0, 0.05) is 0 Å². The third-order valence-corrected chi connectivity index (χ3v) is 3.24. The first-order chi connectivity index (χ1) is 11.1. The molecule has 116 valence electrons. The van der Waals surface area contributed by atoms with Gasteiger partial charge in [0.05, 0.1) is 11.8 Å². The van der Waals surface area contributed by atoms with Crippen LogP contribution in [0.15, 0.2) is 54.1 Å². The molecule has 23 heavy (non-hydrogen) atoms. The van der Waals surface area contributed by atoms with Gasteiger partial charge in [0.1, 0.15) is 23.4 Å². The summed E-state index contributed by atoms with van der Waals surface area (Å²) in [4.78, 5) is 13.4. The quantitative estimate of drug-likeness (QED) is 0.592. The van der Waals surface area contributed by atoms with Gasteiger partial charge in [-0.1, -0.05) is 24.3 Å². The SMILES string of the molecule is CC(=Cn1nc2ccccc2n1)C(=O)OCc1ccc(O)cc1. The summed E-state index contributed by atoms with van der Waals surface area (Å²) in [6.45, 7) is 1.78. The number of nitrogens with zero attached hydrogens (tertiary/aromatic N) is 3. The average Bonchev–Trinajstić information content (AvgIpc) is 2.96. The van der Waals surface area contributed by atoms with E-state index < -0.39 is 5.97 Å². The summed E-state index contributed by atoms with van der Waals surface area (Å²) in [6, 6.07) is 14.0. The third-order valence-electron chi connectivity index (χ3n) is 3.24. The second-order valence-corrected chi connectivity index (χ2v) is 5.06. The van der Waals surface area contributed by atoms with Gasteiger partial charge in [0.25, 0.3) is 0 Å². The van der Waals surface area contributed by atoms with Crippen LogP contribution in [0, 0.1) is 0 Å². The lowest BCUT2D eigenvalue weighted by Gasteiger charge is -2.05. The first-order valence-electron chi connectivity index (χ1n) is 7.07. The largest absolute Gasteiger partial charge is 0.508 e. The van der Waals surface area contributed by atoms with E-state index in [9.17, 15) is 9.90 Å². The number of hydrogen-bond donors (Lipinski definition) is 1. The van der Waals surface area contributed by atoms with Crippen LogP contribution in [0.5, 0.6) is 5.75 Å². The number of hydrogen-bond acceptors (Lipinski definition) is 5. The Morgan fingerprint density at radius 1 is 1.13 bits per heavy atom. The Hall–Kier alpha value is -3.15. The summed E-state index contributed by atoms with van der Waals surface area (Å²) in [5, 5.41) is 17.7. The number of aromatic hydroxyl groups is 1. The standard InChI is InChI=1S/C17H15N3O3/c1-12(10-20-18-15-4-2-3-5-16(15)19-20)17(22)23-11-13-6-8-14(21)9-7-13/h2-10,21H,11H2,1H3. The van der Waals surface area contributed by atoms with E-state index in [4.69, 9.17) is 4.74 Å². The zero-order valence-electron chi connectivity index (χ0n) is 12.5. The van der Waals surface area contributed by atoms with Crippen LogP contribution in [0.2, 0.25) is 0 Å². The van der Waals surface area contributed by atoms with E-state index in [1.54, 1.807) is 31.2 Å². The van der Waals surface area contributed by atoms with E-state index in [2.05, 4.69) is 10.2 Å². The van der Waals surface area contributed by atoms with Crippen molar-refractivity contribution in [2.24, 2.45) is 0 Å². The van der Waals surface area contributed by atoms with Crippen LogP contribution in [0.3, 0.4) is 0 Å². The molecule has 0 spiro atoms. The first-order valence-corrected chi connectivity index (χ1v) is 7.07. The van der Waals surface area contributed by atoms with Crippen molar-refractivity contribution in [2.75, 3.05) is 0 Å². The van der Waals surface area contributed by atoms with Crippen LogP contribution < -0.4 is 0 Å². The molecule has 0 saturated carbocycles. The molecule has 0 unspecified atom stereocenters. The number of carbonyl (C=O) groups excluding carboxylic acids is 1. The van der Waals surface area contributed by atoms with Gasteiger partial charge in [-0.3, -0.25) is 0 Å². The van der Waals surface area contributed by atoms with Crippen molar-refractivity contribution < 1.29 is 14.6 Å². The highest BCUT2D eigenvalue weighted by atomic mass is 16.5. The van der Waals surface area contributed by atoms with E-state index >= 15 is 0 Å². The van der Waals surface area contributed by atoms with Gasteiger partial charge in [0.15, 0.2) is 0 Å². The zero-order chi connectivity index (χ0) is 16.2. The Labute approximate surface area is 132 Å². The summed E-state index contributed by atoms with van der Waals surface area (Å²) in [6.07, 6.45) is 1.53. The Bertz CT molecular complexity index is 833. The normalized spacial score (nSPS) is 11.6. The minimum absolute atomic E-state index is 0.138. The number of phenolic OH excluding ortho intramolecular Hbond substituents is 1. The molecule has 1 heterocycles. The van der Waals surface area contributed by atoms with E-state index in [0.717, 1.165) is 16.6 Å². The van der Waals surface area contributed by atoms with E-state index in [-0.39, 0.29) is 12.4 Å². The highest BCUT2D eigenvalue weighted by Gasteiger charge is 2.08. The van der Waals surface area contributed by atoms with Crippen LogP contribution in [0.25, 0.3) is 17.2 Å². The number of phenols is 1. The lowest BCUT2D eigenvalue weighted by atomic mass is 10.2. The van der Waals surface area contributed by atoms with Crippen LogP contribution in [0.4, 0.5) is 0 Å². The Morgan fingerprint density at radius 2 is 1.74 bits per heavy atom. The highest BCUT2D eigenvalue weighted by Crippen LogP contribution is 2.12. The Kier molecular flexibility index (Phi) is 4.05. The lowest BCUT2D eigenvalue weighted by Crippen LogP contribution is -2.07. The van der Waals surface area contributed by atoms with Gasteiger partial charge in [-0.25, -0.2) is 4.79 Å². The number of benzene rings is 2. The van der Waals surface area contributed by atoms with E-state index in [1.165, 1.54) is 11.0 Å². The summed E-state index contributed by atoms with van der Waals surface area (Å²) in [5.74, 6) is -0.271. The molecule has 0 radical (unpaired) electrons. The van der Waals surface area contributed by atoms with Gasteiger partial charge in [-0.15, -0.1) is 10.2 Å². The molecule has 0 aliphatic heterocycles. The molecule has 0 amide bonds. The molecule has 0 bridgehead atoms. The Balaban J connectivity index is 1.67. The second-order valence-electron chi connectivity index (χ2n) is 5.06. The van der Waals surface area contributed by atoms with Crippen molar-refractivity contribution in [3.8, 4) is 5.75 Å². The van der Waals surface area contributed by atoms with Crippen molar-refractivity contribution >= 4 is 23.2 Å². The third kappa shape index (κ3) is 3.55. The maximum Gasteiger partial charge on any atom is 0.335 e. The van der Waals surface area contributed by atoms with Crippen molar-refractivity contribution in [3.05, 3.63) is 59.7 Å². The fourth-order valence-corrected chi connectivity index (χ4v) is 2.01. The monoisotopic (exact) mass is 309 g/mol. The van der Waals surface area contributed by atoms with Crippen LogP contribution in [0.1, 0.15) is 12.5 Å². The van der Waals surface area contributed by atoms with Crippen LogP contribution in [-0.2, 0) is 16.1 Å². The molecule has 6 heteroatoms. The predicted octanol–water partition coefficient (Wildman–Crippen LogP) is 2.74. The van der Waals surface area contributed by atoms with Crippen LogP contribution in [-0.4, -0.2) is 26.1 Å². The number of rotatable bonds is 4. The summed E-state index contributed by atoms with van der Waals surface area (Å²) in [5.41, 5.74) is 2.71. The van der Waals surface area contributed by atoms with Gasteiger partial charge in [-0.05, 0) is 36.8 Å². The number of esters is 1. The van der Waals surface area contributed by atoms with Gasteiger partial charge < -0.3 is 9.84 Å². The molecule has 1 N–H and O–H groups in total. The minimum atomic E-state index is -0.445. The number of aromatic nitrogens is 3. The molecule has 0 atom stereocenters. The minimum Gasteiger partial charge on any atom is -0.508 e. The molecule has 0 fully saturated rings. The molecule has 0 aliphatic carbocycles. The van der Waals surface area contributed by atoms with Crippen molar-refractivity contribution in [3.63, 3.8) is 0 Å². The van der Waals surface area contributed by atoms with Crippen molar-refractivity contribution in [2.45, 2.75) is 13.5 Å². The summed E-state index contributed by atoms with van der Waals surface area (Å²) >= 11 is 0. The van der Waals surface area contributed by atoms with Crippen molar-refractivity contribution in [1.82, 2.24) is 15.0 Å². The van der Waals surface area contributed by atoms with Gasteiger partial charge >= 0.3 is 5.97 Å². The second kappa shape index (κ2) is 6.31. The molecule has 3 rings (SSSR count). The molecule has 0 aliphatic rings. The fourth-order valence-electron chi connectivity index (χ4n) is 2.01. The zero-order valence-corrected chi connectivity index (χ0v) is 12.5. The number of carbonyl (C=O) groups is 1.